The number of halogens is 1. The molecule has 1 aromatic carbocycles. The van der Waals surface area contributed by atoms with Crippen molar-refractivity contribution in [2.24, 2.45) is 0 Å². The van der Waals surface area contributed by atoms with E-state index in [0.717, 1.165) is 21.9 Å². The van der Waals surface area contributed by atoms with Gasteiger partial charge in [-0.3, -0.25) is 0 Å². The van der Waals surface area contributed by atoms with Crippen molar-refractivity contribution in [3.63, 3.8) is 0 Å². The summed E-state index contributed by atoms with van der Waals surface area (Å²) in [7, 11) is 0. The average Bonchev–Trinajstić information content (AvgIpc) is 2.10. The number of hydrogen-bond donors (Lipinski definition) is 0. The van der Waals surface area contributed by atoms with Crippen LogP contribution in [0, 0.1) is 13.8 Å². The zero-order valence-electron chi connectivity index (χ0n) is 7.93. The van der Waals surface area contributed by atoms with Crippen LogP contribution in [0.25, 0.3) is 0 Å². The lowest BCUT2D eigenvalue weighted by Crippen LogP contribution is -1.94. The average molecular weight is 197 g/mol. The Bertz CT molecular complexity index is 295. The van der Waals surface area contributed by atoms with Crippen LogP contribution < -0.4 is 4.74 Å². The van der Waals surface area contributed by atoms with Gasteiger partial charge in [-0.1, -0.05) is 24.3 Å². The summed E-state index contributed by atoms with van der Waals surface area (Å²) in [5.41, 5.74) is 2.08. The van der Waals surface area contributed by atoms with Crippen LogP contribution in [0.2, 0.25) is 5.02 Å². The van der Waals surface area contributed by atoms with Gasteiger partial charge in [-0.05, 0) is 37.1 Å². The Hall–Kier alpha value is -0.950. The van der Waals surface area contributed by atoms with Gasteiger partial charge in [0.1, 0.15) is 12.4 Å². The van der Waals surface area contributed by atoms with Gasteiger partial charge in [-0.2, -0.15) is 0 Å². The van der Waals surface area contributed by atoms with Gasteiger partial charge in [-0.15, -0.1) is 0 Å². The monoisotopic (exact) mass is 196 g/mol. The molecule has 0 saturated heterocycles. The van der Waals surface area contributed by atoms with Gasteiger partial charge in [0, 0.05) is 5.02 Å². The molecule has 0 atom stereocenters. The van der Waals surface area contributed by atoms with Crippen molar-refractivity contribution >= 4 is 11.6 Å². The highest BCUT2D eigenvalue weighted by atomic mass is 35.5. The maximum Gasteiger partial charge on any atom is 0.120 e. The second-order valence-corrected chi connectivity index (χ2v) is 3.35. The third-order valence-corrected chi connectivity index (χ3v) is 2.37. The van der Waals surface area contributed by atoms with Gasteiger partial charge in [-0.25, -0.2) is 0 Å². The van der Waals surface area contributed by atoms with Crippen LogP contribution in [0.15, 0.2) is 24.8 Å². The second kappa shape index (κ2) is 4.33. The van der Waals surface area contributed by atoms with Crippen LogP contribution in [-0.4, -0.2) is 6.61 Å². The molecule has 13 heavy (non-hydrogen) atoms. The molecule has 0 N–H and O–H groups in total. The molecule has 0 spiro atoms. The van der Waals surface area contributed by atoms with Crippen LogP contribution in [0.5, 0.6) is 5.75 Å². The minimum absolute atomic E-state index is 0.528. The Morgan fingerprint density at radius 2 is 1.92 bits per heavy atom. The van der Waals surface area contributed by atoms with Crippen LogP contribution in [0.1, 0.15) is 11.1 Å². The standard InChI is InChI=1S/C11H13ClO/c1-4-5-13-10-6-8(2)11(12)9(3)7-10/h4,6-7H,1,5H2,2-3H3. The van der Waals surface area contributed by atoms with E-state index in [4.69, 9.17) is 16.3 Å². The Morgan fingerprint density at radius 3 is 2.38 bits per heavy atom. The Kier molecular flexibility index (Phi) is 3.38. The molecule has 0 fully saturated rings. The summed E-state index contributed by atoms with van der Waals surface area (Å²) in [4.78, 5) is 0. The van der Waals surface area contributed by atoms with Crippen molar-refractivity contribution in [3.8, 4) is 5.75 Å². The second-order valence-electron chi connectivity index (χ2n) is 2.97. The first-order valence-electron chi connectivity index (χ1n) is 4.15. The molecule has 0 aliphatic heterocycles. The van der Waals surface area contributed by atoms with Gasteiger partial charge < -0.3 is 4.74 Å². The molecule has 0 unspecified atom stereocenters. The van der Waals surface area contributed by atoms with Gasteiger partial charge in [0.2, 0.25) is 0 Å². The van der Waals surface area contributed by atoms with E-state index in [2.05, 4.69) is 6.58 Å². The minimum Gasteiger partial charge on any atom is -0.490 e. The topological polar surface area (TPSA) is 9.23 Å². The SMILES string of the molecule is C=CCOc1cc(C)c(Cl)c(C)c1. The molecule has 0 aliphatic rings. The molecule has 0 aromatic heterocycles. The van der Waals surface area contributed by atoms with Gasteiger partial charge in [0.15, 0.2) is 0 Å². The summed E-state index contributed by atoms with van der Waals surface area (Å²) in [6.45, 7) is 8.05. The van der Waals surface area contributed by atoms with E-state index in [-0.39, 0.29) is 0 Å². The van der Waals surface area contributed by atoms with Crippen LogP contribution in [0.3, 0.4) is 0 Å². The summed E-state index contributed by atoms with van der Waals surface area (Å²) in [6.07, 6.45) is 1.72. The van der Waals surface area contributed by atoms with Crippen LogP contribution in [0.4, 0.5) is 0 Å². The van der Waals surface area contributed by atoms with E-state index >= 15 is 0 Å². The number of benzene rings is 1. The van der Waals surface area contributed by atoms with Crippen molar-refractivity contribution in [2.75, 3.05) is 6.61 Å². The van der Waals surface area contributed by atoms with Crippen molar-refractivity contribution < 1.29 is 4.74 Å². The van der Waals surface area contributed by atoms with E-state index in [9.17, 15) is 0 Å². The van der Waals surface area contributed by atoms with Crippen molar-refractivity contribution in [2.45, 2.75) is 13.8 Å². The molecule has 0 saturated carbocycles. The predicted octanol–water partition coefficient (Wildman–Crippen LogP) is 3.52. The summed E-state index contributed by atoms with van der Waals surface area (Å²) in [5, 5.41) is 0.811. The Balaban J connectivity index is 2.92. The smallest absolute Gasteiger partial charge is 0.120 e. The predicted molar refractivity (Wildman–Crippen MR) is 56.6 cm³/mol. The van der Waals surface area contributed by atoms with E-state index in [0.29, 0.717) is 6.61 Å². The number of hydrogen-bond acceptors (Lipinski definition) is 1. The van der Waals surface area contributed by atoms with Crippen molar-refractivity contribution in [1.29, 1.82) is 0 Å². The molecule has 1 nitrogen and oxygen atoms in total. The molecule has 70 valence electrons. The van der Waals surface area contributed by atoms with E-state index < -0.39 is 0 Å². The molecule has 1 aromatic rings. The summed E-state index contributed by atoms with van der Waals surface area (Å²) in [6, 6.07) is 3.86. The lowest BCUT2D eigenvalue weighted by molar-refractivity contribution is 0.363. The molecule has 2 heteroatoms. The number of ether oxygens (including phenoxy) is 1. The molecule has 0 radical (unpaired) electrons. The fraction of sp³-hybridized carbons (Fsp3) is 0.273. The Morgan fingerprint density at radius 1 is 1.38 bits per heavy atom. The highest BCUT2D eigenvalue weighted by molar-refractivity contribution is 6.32. The fourth-order valence-corrected chi connectivity index (χ4v) is 1.25. The van der Waals surface area contributed by atoms with E-state index in [1.54, 1.807) is 6.08 Å². The lowest BCUT2D eigenvalue weighted by atomic mass is 10.1. The van der Waals surface area contributed by atoms with Crippen LogP contribution in [-0.2, 0) is 0 Å². The zero-order chi connectivity index (χ0) is 9.84. The normalized spacial score (nSPS) is 9.77. The minimum atomic E-state index is 0.528. The Labute approximate surface area is 84.0 Å². The van der Waals surface area contributed by atoms with Gasteiger partial charge >= 0.3 is 0 Å². The first-order chi connectivity index (χ1) is 6.15. The lowest BCUT2D eigenvalue weighted by Gasteiger charge is -2.07. The molecule has 0 heterocycles. The molecule has 1 rings (SSSR count). The third-order valence-electron chi connectivity index (χ3n) is 1.78. The van der Waals surface area contributed by atoms with Gasteiger partial charge in [0.25, 0.3) is 0 Å². The third kappa shape index (κ3) is 2.49. The molecular weight excluding hydrogens is 184 g/mol. The van der Waals surface area contributed by atoms with Crippen LogP contribution >= 0.6 is 11.6 Å². The number of aryl methyl sites for hydroxylation is 2. The molecule has 0 amide bonds. The summed E-state index contributed by atoms with van der Waals surface area (Å²) < 4.78 is 5.40. The van der Waals surface area contributed by atoms with Crippen molar-refractivity contribution in [1.82, 2.24) is 0 Å². The first-order valence-corrected chi connectivity index (χ1v) is 4.53. The maximum absolute atomic E-state index is 6.01. The highest BCUT2D eigenvalue weighted by Gasteiger charge is 2.02. The van der Waals surface area contributed by atoms with E-state index in [1.807, 2.05) is 26.0 Å². The molecular formula is C11H13ClO. The molecule has 0 bridgehead atoms. The quantitative estimate of drug-likeness (QED) is 0.673. The zero-order valence-corrected chi connectivity index (χ0v) is 8.69. The maximum atomic E-state index is 6.01. The fourth-order valence-electron chi connectivity index (χ4n) is 1.14. The van der Waals surface area contributed by atoms with Gasteiger partial charge in [0.05, 0.1) is 0 Å². The number of rotatable bonds is 3. The van der Waals surface area contributed by atoms with Crippen molar-refractivity contribution in [3.05, 3.63) is 40.9 Å². The van der Waals surface area contributed by atoms with E-state index in [1.165, 1.54) is 0 Å². The highest BCUT2D eigenvalue weighted by Crippen LogP contribution is 2.25. The first kappa shape index (κ1) is 10.1. The summed E-state index contributed by atoms with van der Waals surface area (Å²) in [5.74, 6) is 0.847. The molecule has 0 aliphatic carbocycles. The largest absolute Gasteiger partial charge is 0.490 e. The summed E-state index contributed by atoms with van der Waals surface area (Å²) >= 11 is 6.01.